The summed E-state index contributed by atoms with van der Waals surface area (Å²) in [6.45, 7) is 3.91. The second kappa shape index (κ2) is 6.68. The summed E-state index contributed by atoms with van der Waals surface area (Å²) in [5.41, 5.74) is 0.529. The molecule has 0 saturated carbocycles. The van der Waals surface area contributed by atoms with E-state index >= 15 is 0 Å². The smallest absolute Gasteiger partial charge is 0.382 e. The van der Waals surface area contributed by atoms with Crippen LogP contribution in [0.2, 0.25) is 0 Å². The van der Waals surface area contributed by atoms with Gasteiger partial charge in [-0.1, -0.05) is 0 Å². The number of halogens is 3. The Morgan fingerprint density at radius 2 is 1.74 bits per heavy atom. The van der Waals surface area contributed by atoms with E-state index in [-0.39, 0.29) is 11.7 Å². The Morgan fingerprint density at radius 1 is 1.09 bits per heavy atom. The fourth-order valence-electron chi connectivity index (χ4n) is 1.92. The summed E-state index contributed by atoms with van der Waals surface area (Å²) in [7, 11) is 0. The fraction of sp³-hybridized carbons (Fsp3) is 0.250. The lowest BCUT2D eigenvalue weighted by molar-refractivity contribution is -0.137. The highest BCUT2D eigenvalue weighted by molar-refractivity contribution is 6.04. The summed E-state index contributed by atoms with van der Waals surface area (Å²) in [5, 5.41) is 5.66. The van der Waals surface area contributed by atoms with Gasteiger partial charge in [0.05, 0.1) is 16.8 Å². The highest BCUT2D eigenvalue weighted by atomic mass is 19.4. The Labute approximate surface area is 131 Å². The normalized spacial score (nSPS) is 11.4. The second-order valence-corrected chi connectivity index (χ2v) is 5.29. The number of benzene rings is 1. The number of hydrogen-bond acceptors (Lipinski definition) is 3. The fourth-order valence-corrected chi connectivity index (χ4v) is 1.92. The third-order valence-electron chi connectivity index (χ3n) is 2.93. The van der Waals surface area contributed by atoms with Crippen LogP contribution < -0.4 is 10.6 Å². The average Bonchev–Trinajstić information content (AvgIpc) is 2.46. The lowest BCUT2D eigenvalue weighted by Gasteiger charge is -2.11. The maximum atomic E-state index is 12.5. The van der Waals surface area contributed by atoms with Crippen molar-refractivity contribution in [2.24, 2.45) is 0 Å². The number of rotatable bonds is 4. The van der Waals surface area contributed by atoms with Gasteiger partial charge in [-0.25, -0.2) is 0 Å². The minimum Gasteiger partial charge on any atom is -0.382 e. The van der Waals surface area contributed by atoms with Gasteiger partial charge in [0.2, 0.25) is 0 Å². The van der Waals surface area contributed by atoms with Crippen molar-refractivity contribution < 1.29 is 18.0 Å². The molecular formula is C16H16F3N3O. The maximum Gasteiger partial charge on any atom is 0.416 e. The van der Waals surface area contributed by atoms with Crippen molar-refractivity contribution in [1.29, 1.82) is 0 Å². The molecule has 0 aliphatic carbocycles. The van der Waals surface area contributed by atoms with E-state index < -0.39 is 17.6 Å². The molecule has 0 saturated heterocycles. The molecule has 2 rings (SSSR count). The largest absolute Gasteiger partial charge is 0.416 e. The van der Waals surface area contributed by atoms with Crippen LogP contribution in [0.5, 0.6) is 0 Å². The summed E-state index contributed by atoms with van der Waals surface area (Å²) < 4.78 is 37.5. The van der Waals surface area contributed by atoms with Crippen molar-refractivity contribution in [3.8, 4) is 0 Å². The maximum absolute atomic E-state index is 12.5. The molecule has 1 aromatic heterocycles. The lowest BCUT2D eigenvalue weighted by atomic mass is 10.2. The zero-order valence-electron chi connectivity index (χ0n) is 12.6. The number of anilines is 2. The zero-order valence-corrected chi connectivity index (χ0v) is 12.6. The molecule has 1 aromatic carbocycles. The number of nitrogens with zero attached hydrogens (tertiary/aromatic N) is 1. The Hall–Kier alpha value is -2.57. The van der Waals surface area contributed by atoms with Gasteiger partial charge in [-0.3, -0.25) is 9.78 Å². The first kappa shape index (κ1) is 16.8. The molecule has 1 heterocycles. The SMILES string of the molecule is CC(C)Nc1cncc(C(=O)Nc2ccc(C(F)(F)F)cc2)c1. The Bertz CT molecular complexity index is 682. The van der Waals surface area contributed by atoms with E-state index in [4.69, 9.17) is 0 Å². The van der Waals surface area contributed by atoms with E-state index in [1.54, 1.807) is 12.3 Å². The molecule has 23 heavy (non-hydrogen) atoms. The van der Waals surface area contributed by atoms with Gasteiger partial charge in [-0.05, 0) is 44.2 Å². The molecule has 0 radical (unpaired) electrons. The van der Waals surface area contributed by atoms with E-state index in [1.165, 1.54) is 18.3 Å². The quantitative estimate of drug-likeness (QED) is 0.888. The molecule has 0 aliphatic rings. The highest BCUT2D eigenvalue weighted by Gasteiger charge is 2.29. The molecule has 0 bridgehead atoms. The monoisotopic (exact) mass is 323 g/mol. The molecular weight excluding hydrogens is 307 g/mol. The number of nitrogens with one attached hydrogen (secondary N) is 2. The Morgan fingerprint density at radius 3 is 2.30 bits per heavy atom. The predicted molar refractivity (Wildman–Crippen MR) is 82.4 cm³/mol. The lowest BCUT2D eigenvalue weighted by Crippen LogP contribution is -2.14. The van der Waals surface area contributed by atoms with E-state index in [1.807, 2.05) is 13.8 Å². The predicted octanol–water partition coefficient (Wildman–Crippen LogP) is 4.17. The van der Waals surface area contributed by atoms with Crippen LogP contribution in [0.4, 0.5) is 24.5 Å². The molecule has 0 unspecified atom stereocenters. The third kappa shape index (κ3) is 4.70. The molecule has 2 aromatic rings. The van der Waals surface area contributed by atoms with Crippen molar-refractivity contribution in [3.05, 3.63) is 53.9 Å². The number of pyridine rings is 1. The number of hydrogen-bond donors (Lipinski definition) is 2. The zero-order chi connectivity index (χ0) is 17.0. The van der Waals surface area contributed by atoms with Crippen molar-refractivity contribution >= 4 is 17.3 Å². The molecule has 122 valence electrons. The van der Waals surface area contributed by atoms with Crippen LogP contribution >= 0.6 is 0 Å². The standard InChI is InChI=1S/C16H16F3N3O/c1-10(2)21-14-7-11(8-20-9-14)15(23)22-13-5-3-12(4-6-13)16(17,18)19/h3-10,21H,1-2H3,(H,22,23). The van der Waals surface area contributed by atoms with Gasteiger partial charge >= 0.3 is 6.18 Å². The molecule has 2 N–H and O–H groups in total. The van der Waals surface area contributed by atoms with Gasteiger partial charge in [-0.2, -0.15) is 13.2 Å². The number of carbonyl (C=O) groups is 1. The van der Waals surface area contributed by atoms with Crippen LogP contribution in [-0.2, 0) is 6.18 Å². The van der Waals surface area contributed by atoms with Gasteiger partial charge in [0.15, 0.2) is 0 Å². The van der Waals surface area contributed by atoms with Crippen molar-refractivity contribution in [2.45, 2.75) is 26.1 Å². The first-order valence-electron chi connectivity index (χ1n) is 6.96. The van der Waals surface area contributed by atoms with E-state index in [0.29, 0.717) is 11.3 Å². The van der Waals surface area contributed by atoms with Crippen LogP contribution in [-0.4, -0.2) is 16.9 Å². The van der Waals surface area contributed by atoms with Gasteiger partial charge < -0.3 is 10.6 Å². The van der Waals surface area contributed by atoms with Crippen LogP contribution in [0.15, 0.2) is 42.7 Å². The molecule has 4 nitrogen and oxygen atoms in total. The van der Waals surface area contributed by atoms with Gasteiger partial charge in [0.25, 0.3) is 5.91 Å². The highest BCUT2D eigenvalue weighted by Crippen LogP contribution is 2.29. The van der Waals surface area contributed by atoms with E-state index in [9.17, 15) is 18.0 Å². The van der Waals surface area contributed by atoms with Crippen molar-refractivity contribution in [3.63, 3.8) is 0 Å². The molecule has 0 aliphatic heterocycles. The number of alkyl halides is 3. The van der Waals surface area contributed by atoms with Crippen LogP contribution in [0, 0.1) is 0 Å². The minimum absolute atomic E-state index is 0.185. The van der Waals surface area contributed by atoms with Crippen LogP contribution in [0.25, 0.3) is 0 Å². The summed E-state index contributed by atoms with van der Waals surface area (Å²) in [4.78, 5) is 16.1. The first-order valence-corrected chi connectivity index (χ1v) is 6.96. The average molecular weight is 323 g/mol. The summed E-state index contributed by atoms with van der Waals surface area (Å²) >= 11 is 0. The Kier molecular flexibility index (Phi) is 4.88. The number of carbonyl (C=O) groups excluding carboxylic acids is 1. The summed E-state index contributed by atoms with van der Waals surface area (Å²) in [6.07, 6.45) is -1.41. The topological polar surface area (TPSA) is 54.0 Å². The Balaban J connectivity index is 2.10. The molecule has 1 amide bonds. The van der Waals surface area contributed by atoms with Crippen molar-refractivity contribution in [1.82, 2.24) is 4.98 Å². The van der Waals surface area contributed by atoms with Gasteiger partial charge in [0.1, 0.15) is 0 Å². The first-order chi connectivity index (χ1) is 10.8. The van der Waals surface area contributed by atoms with Gasteiger partial charge in [-0.15, -0.1) is 0 Å². The minimum atomic E-state index is -4.40. The summed E-state index contributed by atoms with van der Waals surface area (Å²) in [5.74, 6) is -0.440. The summed E-state index contributed by atoms with van der Waals surface area (Å²) in [6, 6.07) is 6.08. The molecule has 0 fully saturated rings. The number of amides is 1. The van der Waals surface area contributed by atoms with Crippen LogP contribution in [0.3, 0.4) is 0 Å². The van der Waals surface area contributed by atoms with Crippen LogP contribution in [0.1, 0.15) is 29.8 Å². The second-order valence-electron chi connectivity index (χ2n) is 5.29. The molecule has 7 heteroatoms. The van der Waals surface area contributed by atoms with E-state index in [0.717, 1.165) is 12.1 Å². The van der Waals surface area contributed by atoms with E-state index in [2.05, 4.69) is 15.6 Å². The molecule has 0 atom stereocenters. The molecule has 0 spiro atoms. The van der Waals surface area contributed by atoms with Gasteiger partial charge in [0, 0.05) is 24.1 Å². The third-order valence-corrected chi connectivity index (χ3v) is 2.93. The number of aromatic nitrogens is 1. The van der Waals surface area contributed by atoms with Crippen molar-refractivity contribution in [2.75, 3.05) is 10.6 Å².